The number of nitro benzene ring substituents is 1. The second-order valence-corrected chi connectivity index (χ2v) is 6.05. The van der Waals surface area contributed by atoms with Gasteiger partial charge in [-0.1, -0.05) is 19.8 Å². The topological polar surface area (TPSA) is 63.5 Å². The van der Waals surface area contributed by atoms with Crippen molar-refractivity contribution in [1.82, 2.24) is 0 Å². The van der Waals surface area contributed by atoms with Gasteiger partial charge >= 0.3 is 0 Å². The van der Waals surface area contributed by atoms with Crippen LogP contribution >= 0.6 is 0 Å². The van der Waals surface area contributed by atoms with Crippen molar-refractivity contribution in [3.63, 3.8) is 0 Å². The number of hydrogen-bond acceptors (Lipinski definition) is 4. The van der Waals surface area contributed by atoms with Crippen molar-refractivity contribution in [2.24, 2.45) is 5.92 Å². The second kappa shape index (κ2) is 6.24. The molecule has 114 valence electrons. The third-order valence-corrected chi connectivity index (χ3v) is 4.42. The molecule has 0 bridgehead atoms. The van der Waals surface area contributed by atoms with Gasteiger partial charge in [0.2, 0.25) is 0 Å². The van der Waals surface area contributed by atoms with Gasteiger partial charge in [-0.3, -0.25) is 14.9 Å². The molecule has 5 nitrogen and oxygen atoms in total. The van der Waals surface area contributed by atoms with E-state index in [1.165, 1.54) is 25.8 Å². The Bertz CT molecular complexity index is 556. The summed E-state index contributed by atoms with van der Waals surface area (Å²) in [6, 6.07) is 5.31. The summed E-state index contributed by atoms with van der Waals surface area (Å²) in [5, 5.41) is 11.2. The number of carbonyl (C=O) groups is 1. The number of nitrogens with zero attached hydrogens (tertiary/aromatic N) is 2. The molecule has 1 saturated carbocycles. The van der Waals surface area contributed by atoms with Crippen LogP contribution in [0.3, 0.4) is 0 Å². The molecule has 1 aliphatic carbocycles. The molecule has 0 radical (unpaired) electrons. The number of anilines is 1. The average Bonchev–Trinajstić information content (AvgIpc) is 2.45. The summed E-state index contributed by atoms with van der Waals surface area (Å²) in [7, 11) is 1.98. The SMILES string of the molecule is CC(=O)c1ccc(N(C)C2CCCC(C)C2)cc1[N+](=O)[O-]. The monoisotopic (exact) mass is 290 g/mol. The molecule has 0 amide bonds. The van der Waals surface area contributed by atoms with Crippen LogP contribution in [0.1, 0.15) is 49.9 Å². The van der Waals surface area contributed by atoms with E-state index < -0.39 is 4.92 Å². The molecule has 0 spiro atoms. The Balaban J connectivity index is 2.29. The summed E-state index contributed by atoms with van der Waals surface area (Å²) < 4.78 is 0. The number of benzene rings is 1. The third-order valence-electron chi connectivity index (χ3n) is 4.42. The van der Waals surface area contributed by atoms with E-state index in [-0.39, 0.29) is 17.0 Å². The Morgan fingerprint density at radius 1 is 1.38 bits per heavy atom. The zero-order chi connectivity index (χ0) is 15.6. The van der Waals surface area contributed by atoms with Gasteiger partial charge in [-0.25, -0.2) is 0 Å². The summed E-state index contributed by atoms with van der Waals surface area (Å²) >= 11 is 0. The van der Waals surface area contributed by atoms with Crippen molar-refractivity contribution in [2.45, 2.75) is 45.6 Å². The zero-order valence-corrected chi connectivity index (χ0v) is 12.8. The summed E-state index contributed by atoms with van der Waals surface area (Å²) in [5.41, 5.74) is 0.885. The first-order valence-corrected chi connectivity index (χ1v) is 7.42. The Morgan fingerprint density at radius 2 is 2.10 bits per heavy atom. The van der Waals surface area contributed by atoms with Gasteiger partial charge < -0.3 is 4.90 Å². The van der Waals surface area contributed by atoms with Gasteiger partial charge in [0, 0.05) is 24.8 Å². The molecule has 5 heteroatoms. The molecule has 21 heavy (non-hydrogen) atoms. The highest BCUT2D eigenvalue weighted by Gasteiger charge is 2.25. The Labute approximate surface area is 125 Å². The van der Waals surface area contributed by atoms with E-state index in [0.717, 1.165) is 18.5 Å². The fraction of sp³-hybridized carbons (Fsp3) is 0.562. The lowest BCUT2D eigenvalue weighted by molar-refractivity contribution is -0.385. The van der Waals surface area contributed by atoms with Gasteiger partial charge in [0.25, 0.3) is 5.69 Å². The molecule has 0 aliphatic heterocycles. The van der Waals surface area contributed by atoms with Crippen LogP contribution in [-0.4, -0.2) is 23.8 Å². The molecule has 2 unspecified atom stereocenters. The number of rotatable bonds is 4. The molecule has 0 aromatic heterocycles. The normalized spacial score (nSPS) is 21.9. The molecule has 0 N–H and O–H groups in total. The van der Waals surface area contributed by atoms with Gasteiger partial charge in [-0.15, -0.1) is 0 Å². The Hall–Kier alpha value is -1.91. The summed E-state index contributed by atoms with van der Waals surface area (Å²) in [5.74, 6) is 0.417. The molecular formula is C16H22N2O3. The molecule has 1 fully saturated rings. The van der Waals surface area contributed by atoms with Crippen molar-refractivity contribution in [1.29, 1.82) is 0 Å². The summed E-state index contributed by atoms with van der Waals surface area (Å²) in [4.78, 5) is 24.3. The molecule has 1 aliphatic rings. The lowest BCUT2D eigenvalue weighted by atomic mass is 9.86. The minimum atomic E-state index is -0.475. The molecule has 1 aromatic rings. The predicted molar refractivity (Wildman–Crippen MR) is 82.9 cm³/mol. The number of nitro groups is 1. The molecule has 0 heterocycles. The van der Waals surface area contributed by atoms with E-state index in [9.17, 15) is 14.9 Å². The van der Waals surface area contributed by atoms with Gasteiger partial charge in [0.05, 0.1) is 10.5 Å². The fourth-order valence-electron chi connectivity index (χ4n) is 3.15. The van der Waals surface area contributed by atoms with Crippen molar-refractivity contribution in [3.05, 3.63) is 33.9 Å². The molecular weight excluding hydrogens is 268 g/mol. The second-order valence-electron chi connectivity index (χ2n) is 6.05. The number of ketones is 1. The van der Waals surface area contributed by atoms with Crippen LogP contribution in [0.4, 0.5) is 11.4 Å². The van der Waals surface area contributed by atoms with E-state index in [4.69, 9.17) is 0 Å². The first kappa shape index (κ1) is 15.5. The lowest BCUT2D eigenvalue weighted by Crippen LogP contribution is -2.35. The van der Waals surface area contributed by atoms with Crippen LogP contribution in [0.25, 0.3) is 0 Å². The van der Waals surface area contributed by atoms with E-state index >= 15 is 0 Å². The zero-order valence-electron chi connectivity index (χ0n) is 12.8. The molecule has 1 aromatic carbocycles. The van der Waals surface area contributed by atoms with Crippen molar-refractivity contribution >= 4 is 17.2 Å². The predicted octanol–water partition coefficient (Wildman–Crippen LogP) is 3.81. The first-order valence-electron chi connectivity index (χ1n) is 7.42. The maximum absolute atomic E-state index is 11.5. The fourth-order valence-corrected chi connectivity index (χ4v) is 3.15. The largest absolute Gasteiger partial charge is 0.371 e. The van der Waals surface area contributed by atoms with E-state index in [1.807, 2.05) is 13.1 Å². The van der Waals surface area contributed by atoms with Crippen LogP contribution in [0, 0.1) is 16.0 Å². The van der Waals surface area contributed by atoms with E-state index in [0.29, 0.717) is 12.0 Å². The van der Waals surface area contributed by atoms with E-state index in [1.54, 1.807) is 6.07 Å². The van der Waals surface area contributed by atoms with E-state index in [2.05, 4.69) is 11.8 Å². The number of Topliss-reactive ketones (excluding diaryl/α,β-unsaturated/α-hetero) is 1. The molecule has 2 atom stereocenters. The summed E-state index contributed by atoms with van der Waals surface area (Å²) in [6.07, 6.45) is 4.68. The van der Waals surface area contributed by atoms with Crippen molar-refractivity contribution < 1.29 is 9.72 Å². The molecule has 0 saturated heterocycles. The maximum atomic E-state index is 11.5. The first-order chi connectivity index (χ1) is 9.90. The van der Waals surface area contributed by atoms with Crippen LogP contribution in [0.15, 0.2) is 18.2 Å². The Morgan fingerprint density at radius 3 is 2.67 bits per heavy atom. The highest BCUT2D eigenvalue weighted by Crippen LogP contribution is 2.32. The number of carbonyl (C=O) groups excluding carboxylic acids is 1. The smallest absolute Gasteiger partial charge is 0.282 e. The average molecular weight is 290 g/mol. The highest BCUT2D eigenvalue weighted by atomic mass is 16.6. The minimum absolute atomic E-state index is 0.101. The van der Waals surface area contributed by atoms with Crippen molar-refractivity contribution in [2.75, 3.05) is 11.9 Å². The third kappa shape index (κ3) is 3.40. The Kier molecular flexibility index (Phi) is 4.60. The van der Waals surface area contributed by atoms with Crippen LogP contribution < -0.4 is 4.90 Å². The summed E-state index contributed by atoms with van der Waals surface area (Å²) in [6.45, 7) is 3.61. The molecule has 2 rings (SSSR count). The van der Waals surface area contributed by atoms with Gasteiger partial charge in [0.1, 0.15) is 0 Å². The lowest BCUT2D eigenvalue weighted by Gasteiger charge is -2.35. The van der Waals surface area contributed by atoms with Crippen LogP contribution in [0.5, 0.6) is 0 Å². The van der Waals surface area contributed by atoms with Gasteiger partial charge in [-0.2, -0.15) is 0 Å². The van der Waals surface area contributed by atoms with Crippen LogP contribution in [0.2, 0.25) is 0 Å². The number of hydrogen-bond donors (Lipinski definition) is 0. The van der Waals surface area contributed by atoms with Gasteiger partial charge in [0.15, 0.2) is 5.78 Å². The van der Waals surface area contributed by atoms with Crippen molar-refractivity contribution in [3.8, 4) is 0 Å². The minimum Gasteiger partial charge on any atom is -0.371 e. The van der Waals surface area contributed by atoms with Gasteiger partial charge in [-0.05, 0) is 37.8 Å². The standard InChI is InChI=1S/C16H22N2O3/c1-11-5-4-6-13(9-11)17(3)14-7-8-15(12(2)19)16(10-14)18(20)21/h7-8,10-11,13H,4-6,9H2,1-3H3. The highest BCUT2D eigenvalue weighted by molar-refractivity contribution is 5.98. The quantitative estimate of drug-likeness (QED) is 0.480. The maximum Gasteiger partial charge on any atom is 0.282 e. The van der Waals surface area contributed by atoms with Crippen LogP contribution in [-0.2, 0) is 0 Å².